The molecule has 0 spiro atoms. The standard InChI is InChI=1S/C21H24N2O3S2/c1-4-15(3)22-21(24)20-14-16-13-17(11-12-19(16)27-20)23(5-2)28(25,26)18-9-7-6-8-10-18/h6-15H,4-5H2,1-3H3,(H,22,24)/t15-/m0/s1. The first-order valence-electron chi connectivity index (χ1n) is 9.29. The number of fused-ring (bicyclic) bond motifs is 1. The molecule has 0 radical (unpaired) electrons. The molecule has 0 aliphatic heterocycles. The van der Waals surface area contributed by atoms with Crippen molar-refractivity contribution in [2.75, 3.05) is 10.8 Å². The molecule has 1 amide bonds. The Kier molecular flexibility index (Phi) is 6.05. The van der Waals surface area contributed by atoms with Crippen LogP contribution in [-0.4, -0.2) is 26.9 Å². The molecular weight excluding hydrogens is 392 g/mol. The molecule has 28 heavy (non-hydrogen) atoms. The van der Waals surface area contributed by atoms with Crippen LogP contribution in [0.5, 0.6) is 0 Å². The fourth-order valence-corrected chi connectivity index (χ4v) is 5.34. The molecule has 148 valence electrons. The van der Waals surface area contributed by atoms with Crippen molar-refractivity contribution in [3.05, 3.63) is 59.5 Å². The molecule has 0 unspecified atom stereocenters. The zero-order valence-electron chi connectivity index (χ0n) is 16.2. The first-order chi connectivity index (χ1) is 13.4. The Morgan fingerprint density at radius 2 is 1.82 bits per heavy atom. The van der Waals surface area contributed by atoms with Gasteiger partial charge < -0.3 is 5.32 Å². The van der Waals surface area contributed by atoms with E-state index in [1.807, 2.05) is 39.0 Å². The zero-order valence-corrected chi connectivity index (χ0v) is 17.8. The Morgan fingerprint density at radius 1 is 1.11 bits per heavy atom. The summed E-state index contributed by atoms with van der Waals surface area (Å²) in [4.78, 5) is 13.3. The van der Waals surface area contributed by atoms with E-state index in [4.69, 9.17) is 0 Å². The summed E-state index contributed by atoms with van der Waals surface area (Å²) in [5, 5.41) is 3.83. The number of thiophene rings is 1. The summed E-state index contributed by atoms with van der Waals surface area (Å²) in [5.41, 5.74) is 0.588. The third-order valence-electron chi connectivity index (χ3n) is 4.62. The molecule has 0 aliphatic carbocycles. The highest BCUT2D eigenvalue weighted by atomic mass is 32.2. The smallest absolute Gasteiger partial charge is 0.264 e. The summed E-state index contributed by atoms with van der Waals surface area (Å²) < 4.78 is 28.4. The van der Waals surface area contributed by atoms with E-state index in [1.54, 1.807) is 36.4 Å². The van der Waals surface area contributed by atoms with Crippen LogP contribution in [0.25, 0.3) is 10.1 Å². The molecule has 3 rings (SSSR count). The number of hydrogen-bond acceptors (Lipinski definition) is 4. The van der Waals surface area contributed by atoms with Crippen LogP contribution in [0.15, 0.2) is 59.5 Å². The van der Waals surface area contributed by atoms with Crippen molar-refractivity contribution in [2.45, 2.75) is 38.1 Å². The van der Waals surface area contributed by atoms with Crippen LogP contribution in [0.3, 0.4) is 0 Å². The lowest BCUT2D eigenvalue weighted by Crippen LogP contribution is -2.31. The van der Waals surface area contributed by atoms with Crippen LogP contribution in [0.2, 0.25) is 0 Å². The highest BCUT2D eigenvalue weighted by Gasteiger charge is 2.24. The summed E-state index contributed by atoms with van der Waals surface area (Å²) in [7, 11) is -3.64. The minimum absolute atomic E-state index is 0.0960. The number of hydrogen-bond donors (Lipinski definition) is 1. The van der Waals surface area contributed by atoms with Gasteiger partial charge in [-0.25, -0.2) is 8.42 Å². The molecule has 1 N–H and O–H groups in total. The number of amides is 1. The van der Waals surface area contributed by atoms with Gasteiger partial charge in [0.05, 0.1) is 15.5 Å². The summed E-state index contributed by atoms with van der Waals surface area (Å²) >= 11 is 1.41. The van der Waals surface area contributed by atoms with E-state index in [1.165, 1.54) is 15.6 Å². The number of rotatable bonds is 7. The van der Waals surface area contributed by atoms with Gasteiger partial charge in [0, 0.05) is 17.3 Å². The highest BCUT2D eigenvalue weighted by molar-refractivity contribution is 7.92. The summed E-state index contributed by atoms with van der Waals surface area (Å²) in [6.45, 7) is 6.11. The maximum atomic E-state index is 13.0. The summed E-state index contributed by atoms with van der Waals surface area (Å²) in [6.07, 6.45) is 0.865. The Hall–Kier alpha value is -2.38. The molecular formula is C21H24N2O3S2. The van der Waals surface area contributed by atoms with E-state index in [-0.39, 0.29) is 16.8 Å². The lowest BCUT2D eigenvalue weighted by atomic mass is 10.2. The SMILES string of the molecule is CC[C@H](C)NC(=O)c1cc2cc(N(CC)S(=O)(=O)c3ccccc3)ccc2s1. The minimum atomic E-state index is -3.64. The van der Waals surface area contributed by atoms with E-state index >= 15 is 0 Å². The molecule has 2 aromatic carbocycles. The van der Waals surface area contributed by atoms with Crippen molar-refractivity contribution in [1.82, 2.24) is 5.32 Å². The van der Waals surface area contributed by atoms with Gasteiger partial charge in [-0.1, -0.05) is 25.1 Å². The summed E-state index contributed by atoms with van der Waals surface area (Å²) in [6, 6.07) is 15.8. The van der Waals surface area contributed by atoms with Gasteiger partial charge in [0.25, 0.3) is 15.9 Å². The van der Waals surface area contributed by atoms with Gasteiger partial charge in [0.15, 0.2) is 0 Å². The molecule has 5 nitrogen and oxygen atoms in total. The Balaban J connectivity index is 1.96. The van der Waals surface area contributed by atoms with E-state index in [0.717, 1.165) is 16.5 Å². The van der Waals surface area contributed by atoms with Crippen molar-refractivity contribution in [3.8, 4) is 0 Å². The largest absolute Gasteiger partial charge is 0.349 e. The molecule has 0 saturated carbocycles. The van der Waals surface area contributed by atoms with Gasteiger partial charge in [-0.05, 0) is 62.1 Å². The number of benzene rings is 2. The number of anilines is 1. The lowest BCUT2D eigenvalue weighted by Gasteiger charge is -2.23. The maximum absolute atomic E-state index is 13.0. The van der Waals surface area contributed by atoms with Crippen molar-refractivity contribution >= 4 is 43.0 Å². The van der Waals surface area contributed by atoms with Crippen LogP contribution in [0.1, 0.15) is 36.9 Å². The van der Waals surface area contributed by atoms with Crippen LogP contribution in [0, 0.1) is 0 Å². The molecule has 1 heterocycles. The molecule has 0 fully saturated rings. The normalized spacial score (nSPS) is 12.7. The number of nitrogens with zero attached hydrogens (tertiary/aromatic N) is 1. The topological polar surface area (TPSA) is 66.5 Å². The first kappa shape index (κ1) is 20.4. The van der Waals surface area contributed by atoms with Gasteiger partial charge in [-0.2, -0.15) is 0 Å². The average Bonchev–Trinajstić information content (AvgIpc) is 3.12. The van der Waals surface area contributed by atoms with Gasteiger partial charge in [-0.3, -0.25) is 9.10 Å². The molecule has 0 saturated heterocycles. The predicted molar refractivity (Wildman–Crippen MR) is 116 cm³/mol. The lowest BCUT2D eigenvalue weighted by molar-refractivity contribution is 0.0943. The predicted octanol–water partition coefficient (Wildman–Crippen LogP) is 4.64. The number of carbonyl (C=O) groups is 1. The molecule has 0 bridgehead atoms. The summed E-state index contributed by atoms with van der Waals surface area (Å²) in [5.74, 6) is -0.0960. The maximum Gasteiger partial charge on any atom is 0.264 e. The van der Waals surface area contributed by atoms with Gasteiger partial charge in [0.1, 0.15) is 0 Å². The quantitative estimate of drug-likeness (QED) is 0.610. The van der Waals surface area contributed by atoms with Gasteiger partial charge in [-0.15, -0.1) is 11.3 Å². The third-order valence-corrected chi connectivity index (χ3v) is 7.65. The molecule has 1 atom stereocenters. The van der Waals surface area contributed by atoms with E-state index in [2.05, 4.69) is 5.32 Å². The van der Waals surface area contributed by atoms with Crippen LogP contribution in [0.4, 0.5) is 5.69 Å². The fourth-order valence-electron chi connectivity index (χ4n) is 2.91. The Morgan fingerprint density at radius 3 is 2.46 bits per heavy atom. The number of sulfonamides is 1. The van der Waals surface area contributed by atoms with Crippen LogP contribution < -0.4 is 9.62 Å². The van der Waals surface area contributed by atoms with Crippen LogP contribution in [-0.2, 0) is 10.0 Å². The van der Waals surface area contributed by atoms with Gasteiger partial charge >= 0.3 is 0 Å². The number of nitrogens with one attached hydrogen (secondary N) is 1. The Labute approximate surface area is 170 Å². The first-order valence-corrected chi connectivity index (χ1v) is 11.5. The molecule has 0 aliphatic rings. The van der Waals surface area contributed by atoms with Crippen molar-refractivity contribution in [2.24, 2.45) is 0 Å². The number of carbonyl (C=O) groups excluding carboxylic acids is 1. The van der Waals surface area contributed by atoms with Crippen LogP contribution >= 0.6 is 11.3 Å². The second-order valence-electron chi connectivity index (χ2n) is 6.60. The Bertz CT molecular complexity index is 1080. The van der Waals surface area contributed by atoms with E-state index < -0.39 is 10.0 Å². The molecule has 3 aromatic rings. The van der Waals surface area contributed by atoms with E-state index in [9.17, 15) is 13.2 Å². The molecule has 1 aromatic heterocycles. The van der Waals surface area contributed by atoms with Gasteiger partial charge in [0.2, 0.25) is 0 Å². The zero-order chi connectivity index (χ0) is 20.3. The molecule has 7 heteroatoms. The van der Waals surface area contributed by atoms with Crippen molar-refractivity contribution in [1.29, 1.82) is 0 Å². The fraction of sp³-hybridized carbons (Fsp3) is 0.286. The third kappa shape index (κ3) is 4.05. The van der Waals surface area contributed by atoms with Crippen molar-refractivity contribution in [3.63, 3.8) is 0 Å². The average molecular weight is 417 g/mol. The van der Waals surface area contributed by atoms with Crippen molar-refractivity contribution < 1.29 is 13.2 Å². The highest BCUT2D eigenvalue weighted by Crippen LogP contribution is 2.31. The minimum Gasteiger partial charge on any atom is -0.349 e. The second kappa shape index (κ2) is 8.32. The monoisotopic (exact) mass is 416 g/mol. The van der Waals surface area contributed by atoms with E-state index in [0.29, 0.717) is 17.1 Å². The second-order valence-corrected chi connectivity index (χ2v) is 9.54.